The molecule has 154 valence electrons. The number of thiocarbonyl (C=S) groups is 1. The van der Waals surface area contributed by atoms with Crippen molar-refractivity contribution in [3.63, 3.8) is 0 Å². The first-order chi connectivity index (χ1) is 14.4. The van der Waals surface area contributed by atoms with E-state index in [0.717, 1.165) is 5.75 Å². The summed E-state index contributed by atoms with van der Waals surface area (Å²) in [5.41, 5.74) is 1.70. The predicted octanol–water partition coefficient (Wildman–Crippen LogP) is 3.17. The molecule has 8 nitrogen and oxygen atoms in total. The van der Waals surface area contributed by atoms with Crippen LogP contribution in [0.5, 0.6) is 11.5 Å². The zero-order valence-electron chi connectivity index (χ0n) is 16.7. The fraction of sp³-hybridized carbons (Fsp3) is 0.190. The van der Waals surface area contributed by atoms with Gasteiger partial charge >= 0.3 is 0 Å². The molecule has 0 unspecified atom stereocenters. The Balaban J connectivity index is 1.45. The number of ether oxygens (including phenoxy) is 2. The first kappa shape index (κ1) is 19.7. The molecule has 1 amide bonds. The van der Waals surface area contributed by atoms with Gasteiger partial charge < -0.3 is 19.2 Å². The number of aryl methyl sites for hydroxylation is 2. The van der Waals surface area contributed by atoms with Crippen molar-refractivity contribution >= 4 is 35.0 Å². The van der Waals surface area contributed by atoms with Gasteiger partial charge in [-0.05, 0) is 55.5 Å². The minimum absolute atomic E-state index is 0.260. The maximum atomic E-state index is 12.8. The number of carbonyl (C=O) groups is 1. The second kappa shape index (κ2) is 8.03. The van der Waals surface area contributed by atoms with Crippen molar-refractivity contribution in [2.75, 3.05) is 12.0 Å². The summed E-state index contributed by atoms with van der Waals surface area (Å²) < 4.78 is 18.3. The zero-order chi connectivity index (χ0) is 21.3. The van der Waals surface area contributed by atoms with Crippen molar-refractivity contribution in [2.24, 2.45) is 7.05 Å². The summed E-state index contributed by atoms with van der Waals surface area (Å²) in [6.07, 6.45) is 3.38. The lowest BCUT2D eigenvalue weighted by atomic mass is 10.3. The number of nitrogens with zero attached hydrogens (tertiary/aromatic N) is 3. The monoisotopic (exact) mass is 424 g/mol. The molecular weight excluding hydrogens is 404 g/mol. The number of methoxy groups -OCH3 is 1. The lowest BCUT2D eigenvalue weighted by Crippen LogP contribution is -2.30. The average molecular weight is 424 g/mol. The number of carbonyl (C=O) groups excluding carboxylic acids is 1. The summed E-state index contributed by atoms with van der Waals surface area (Å²) in [7, 11) is 3.41. The van der Waals surface area contributed by atoms with E-state index < -0.39 is 0 Å². The largest absolute Gasteiger partial charge is 0.497 e. The Morgan fingerprint density at radius 1 is 1.20 bits per heavy atom. The van der Waals surface area contributed by atoms with Crippen LogP contribution in [0.1, 0.15) is 17.2 Å². The van der Waals surface area contributed by atoms with Gasteiger partial charge in [0.15, 0.2) is 5.11 Å². The van der Waals surface area contributed by atoms with Gasteiger partial charge in [0, 0.05) is 19.3 Å². The van der Waals surface area contributed by atoms with Crippen molar-refractivity contribution < 1.29 is 18.7 Å². The lowest BCUT2D eigenvalue weighted by Gasteiger charge is -2.11. The number of nitrogens with one attached hydrogen (secondary N) is 1. The van der Waals surface area contributed by atoms with Gasteiger partial charge in [0.25, 0.3) is 5.91 Å². The van der Waals surface area contributed by atoms with Crippen LogP contribution in [-0.2, 0) is 18.4 Å². The third-order valence-electron chi connectivity index (χ3n) is 4.52. The predicted molar refractivity (Wildman–Crippen MR) is 115 cm³/mol. The molecule has 2 aromatic heterocycles. The third kappa shape index (κ3) is 3.92. The number of anilines is 1. The summed E-state index contributed by atoms with van der Waals surface area (Å²) in [5.74, 6) is 2.35. The molecule has 9 heteroatoms. The van der Waals surface area contributed by atoms with Gasteiger partial charge in [-0.1, -0.05) is 0 Å². The fourth-order valence-corrected chi connectivity index (χ4v) is 3.37. The summed E-state index contributed by atoms with van der Waals surface area (Å²) >= 11 is 5.34. The van der Waals surface area contributed by atoms with Crippen LogP contribution in [0.25, 0.3) is 6.08 Å². The molecule has 4 rings (SSSR count). The number of amides is 1. The maximum Gasteiger partial charge on any atom is 0.281 e. The normalized spacial score (nSPS) is 15.0. The number of benzene rings is 1. The van der Waals surface area contributed by atoms with Crippen LogP contribution in [0.3, 0.4) is 0 Å². The van der Waals surface area contributed by atoms with E-state index in [-0.39, 0.29) is 12.5 Å². The second-order valence-corrected chi connectivity index (χ2v) is 7.06. The highest BCUT2D eigenvalue weighted by molar-refractivity contribution is 7.80. The van der Waals surface area contributed by atoms with Gasteiger partial charge in [-0.15, -0.1) is 0 Å². The number of furan rings is 1. The highest BCUT2D eigenvalue weighted by atomic mass is 32.1. The van der Waals surface area contributed by atoms with E-state index in [1.807, 2.05) is 31.2 Å². The van der Waals surface area contributed by atoms with Crippen LogP contribution in [0, 0.1) is 6.92 Å². The van der Waals surface area contributed by atoms with E-state index in [2.05, 4.69) is 10.4 Å². The van der Waals surface area contributed by atoms with Crippen molar-refractivity contribution in [1.29, 1.82) is 0 Å². The van der Waals surface area contributed by atoms with Gasteiger partial charge in [-0.25, -0.2) is 4.90 Å². The Morgan fingerprint density at radius 3 is 2.60 bits per heavy atom. The summed E-state index contributed by atoms with van der Waals surface area (Å²) in [4.78, 5) is 14.3. The van der Waals surface area contributed by atoms with E-state index in [0.29, 0.717) is 39.5 Å². The minimum Gasteiger partial charge on any atom is -0.497 e. The molecule has 3 heterocycles. The standard InChI is InChI=1S/C21H20N4O4S/c1-13-19(11-24(2)23-13)25-20(26)18(22-21(25)30)10-16-8-9-17(29-16)12-28-15-6-4-14(27-3)5-7-15/h4-11H,12H2,1-3H3,(H,22,30)/b18-10+. The van der Waals surface area contributed by atoms with E-state index in [1.165, 1.54) is 4.90 Å². The van der Waals surface area contributed by atoms with E-state index in [9.17, 15) is 4.79 Å². The van der Waals surface area contributed by atoms with Crippen LogP contribution >= 0.6 is 12.2 Å². The topological polar surface area (TPSA) is 81.8 Å². The number of rotatable bonds is 6. The van der Waals surface area contributed by atoms with Crippen LogP contribution in [0.4, 0.5) is 5.69 Å². The number of aromatic nitrogens is 2. The Hall–Kier alpha value is -3.59. The summed E-state index contributed by atoms with van der Waals surface area (Å²) in [6, 6.07) is 10.9. The number of hydrogen-bond donors (Lipinski definition) is 1. The van der Waals surface area contributed by atoms with Crippen molar-refractivity contribution in [3.05, 3.63) is 65.5 Å². The Bertz CT molecular complexity index is 1130. The molecule has 0 aliphatic carbocycles. The quantitative estimate of drug-likeness (QED) is 0.481. The van der Waals surface area contributed by atoms with Crippen molar-refractivity contribution in [1.82, 2.24) is 15.1 Å². The van der Waals surface area contributed by atoms with Gasteiger partial charge in [0.1, 0.15) is 35.3 Å². The molecule has 1 aliphatic heterocycles. The molecule has 1 aromatic carbocycles. The molecule has 0 spiro atoms. The van der Waals surface area contributed by atoms with E-state index in [1.54, 1.807) is 43.2 Å². The molecule has 1 N–H and O–H groups in total. The van der Waals surface area contributed by atoms with Gasteiger partial charge in [-0.2, -0.15) is 5.10 Å². The van der Waals surface area contributed by atoms with Crippen LogP contribution in [0.15, 0.2) is 52.7 Å². The maximum absolute atomic E-state index is 12.8. The first-order valence-corrected chi connectivity index (χ1v) is 9.58. The Labute approximate surface area is 178 Å². The molecule has 3 aromatic rings. The van der Waals surface area contributed by atoms with Crippen LogP contribution < -0.4 is 19.7 Å². The van der Waals surface area contributed by atoms with Crippen molar-refractivity contribution in [3.8, 4) is 11.5 Å². The minimum atomic E-state index is -0.261. The third-order valence-corrected chi connectivity index (χ3v) is 4.80. The Morgan fingerprint density at radius 2 is 1.93 bits per heavy atom. The molecule has 30 heavy (non-hydrogen) atoms. The van der Waals surface area contributed by atoms with Gasteiger partial charge in [-0.3, -0.25) is 9.48 Å². The highest BCUT2D eigenvalue weighted by Crippen LogP contribution is 2.25. The fourth-order valence-electron chi connectivity index (χ4n) is 3.08. The summed E-state index contributed by atoms with van der Waals surface area (Å²) in [5, 5.41) is 7.52. The van der Waals surface area contributed by atoms with Gasteiger partial charge in [0.05, 0.1) is 18.5 Å². The Kier molecular flexibility index (Phi) is 5.28. The molecule has 1 fully saturated rings. The van der Waals surface area contributed by atoms with Crippen molar-refractivity contribution in [2.45, 2.75) is 13.5 Å². The molecule has 1 saturated heterocycles. The highest BCUT2D eigenvalue weighted by Gasteiger charge is 2.34. The first-order valence-electron chi connectivity index (χ1n) is 9.17. The molecule has 0 saturated carbocycles. The average Bonchev–Trinajstić information content (AvgIpc) is 3.39. The molecule has 0 atom stereocenters. The summed E-state index contributed by atoms with van der Waals surface area (Å²) in [6.45, 7) is 2.09. The SMILES string of the molecule is COc1ccc(OCc2ccc(/C=C3/NC(=S)N(c4cn(C)nc4C)C3=O)o2)cc1. The molecular formula is C21H20N4O4S. The lowest BCUT2D eigenvalue weighted by molar-refractivity contribution is -0.113. The zero-order valence-corrected chi connectivity index (χ0v) is 17.5. The van der Waals surface area contributed by atoms with E-state index in [4.69, 9.17) is 26.1 Å². The van der Waals surface area contributed by atoms with Gasteiger partial charge in [0.2, 0.25) is 0 Å². The second-order valence-electron chi connectivity index (χ2n) is 6.67. The van der Waals surface area contributed by atoms with Crippen LogP contribution in [0.2, 0.25) is 0 Å². The van der Waals surface area contributed by atoms with Crippen LogP contribution in [-0.4, -0.2) is 27.9 Å². The smallest absolute Gasteiger partial charge is 0.281 e. The van der Waals surface area contributed by atoms with E-state index >= 15 is 0 Å². The molecule has 0 bridgehead atoms. The molecule has 1 aliphatic rings. The molecule has 0 radical (unpaired) electrons. The number of hydrogen-bond acceptors (Lipinski definition) is 6.